The Hall–Kier alpha value is -1.66. The summed E-state index contributed by atoms with van der Waals surface area (Å²) >= 11 is 3.23. The van der Waals surface area contributed by atoms with E-state index >= 15 is 0 Å². The van der Waals surface area contributed by atoms with E-state index in [1.54, 1.807) is 12.1 Å². The van der Waals surface area contributed by atoms with Crippen LogP contribution in [0.1, 0.15) is 22.7 Å². The fourth-order valence-electron chi connectivity index (χ4n) is 2.64. The van der Waals surface area contributed by atoms with Gasteiger partial charge in [-0.25, -0.2) is 0 Å². The highest BCUT2D eigenvalue weighted by Crippen LogP contribution is 2.17. The van der Waals surface area contributed by atoms with E-state index in [9.17, 15) is 4.79 Å². The van der Waals surface area contributed by atoms with E-state index in [1.807, 2.05) is 29.3 Å². The Morgan fingerprint density at radius 1 is 1.18 bits per heavy atom. The van der Waals surface area contributed by atoms with Crippen LogP contribution in [0.15, 0.2) is 45.6 Å². The van der Waals surface area contributed by atoms with Crippen molar-refractivity contribution in [3.63, 3.8) is 0 Å². The van der Waals surface area contributed by atoms with Gasteiger partial charge < -0.3 is 9.32 Å². The lowest BCUT2D eigenvalue weighted by molar-refractivity contribution is 0.0727. The van der Waals surface area contributed by atoms with Crippen LogP contribution in [0.4, 0.5) is 0 Å². The van der Waals surface area contributed by atoms with E-state index in [0.717, 1.165) is 38.3 Å². The molecule has 0 aliphatic carbocycles. The summed E-state index contributed by atoms with van der Waals surface area (Å²) in [6.45, 7) is 4.13. The van der Waals surface area contributed by atoms with Crippen LogP contribution in [0, 0.1) is 0 Å². The van der Waals surface area contributed by atoms with E-state index in [-0.39, 0.29) is 5.91 Å². The summed E-state index contributed by atoms with van der Waals surface area (Å²) in [7, 11) is 0. The van der Waals surface area contributed by atoms with E-state index < -0.39 is 0 Å². The van der Waals surface area contributed by atoms with Gasteiger partial charge in [0.25, 0.3) is 5.91 Å². The van der Waals surface area contributed by atoms with E-state index in [0.29, 0.717) is 17.0 Å². The van der Waals surface area contributed by atoms with E-state index in [4.69, 9.17) is 4.42 Å². The summed E-state index contributed by atoms with van der Waals surface area (Å²) in [6, 6.07) is 9.42. The summed E-state index contributed by atoms with van der Waals surface area (Å²) in [5.41, 5.74) is 1.07. The molecule has 2 aromatic heterocycles. The van der Waals surface area contributed by atoms with E-state index in [2.05, 4.69) is 25.8 Å². The van der Waals surface area contributed by atoms with Gasteiger partial charge in [0, 0.05) is 38.9 Å². The quantitative estimate of drug-likeness (QED) is 0.841. The van der Waals surface area contributed by atoms with Gasteiger partial charge in [0.15, 0.2) is 10.4 Å². The number of carbonyl (C=O) groups is 1. The number of furan rings is 1. The van der Waals surface area contributed by atoms with Crippen LogP contribution < -0.4 is 0 Å². The third kappa shape index (κ3) is 3.75. The molecule has 0 saturated carbocycles. The number of aromatic nitrogens is 1. The molecular weight excluding hydrogens is 346 g/mol. The minimum absolute atomic E-state index is 0.0367. The fourth-order valence-corrected chi connectivity index (χ4v) is 2.94. The minimum atomic E-state index is -0.0367. The molecule has 22 heavy (non-hydrogen) atoms. The van der Waals surface area contributed by atoms with Crippen molar-refractivity contribution in [3.05, 3.63) is 52.7 Å². The Morgan fingerprint density at radius 3 is 2.82 bits per heavy atom. The zero-order valence-corrected chi connectivity index (χ0v) is 13.8. The molecule has 0 atom stereocenters. The lowest BCUT2D eigenvalue weighted by Crippen LogP contribution is -2.35. The second-order valence-electron chi connectivity index (χ2n) is 5.35. The average molecular weight is 364 g/mol. The maximum atomic E-state index is 12.4. The van der Waals surface area contributed by atoms with Crippen LogP contribution in [0.2, 0.25) is 0 Å². The summed E-state index contributed by atoms with van der Waals surface area (Å²) in [4.78, 5) is 21.0. The normalized spacial score (nSPS) is 16.5. The van der Waals surface area contributed by atoms with Crippen LogP contribution in [0.3, 0.4) is 0 Å². The molecule has 1 saturated heterocycles. The Kier molecular flexibility index (Phi) is 4.90. The highest BCUT2D eigenvalue weighted by molar-refractivity contribution is 9.10. The third-order valence-corrected chi connectivity index (χ3v) is 4.20. The molecule has 3 rings (SSSR count). The van der Waals surface area contributed by atoms with Gasteiger partial charge in [-0.05, 0) is 46.6 Å². The molecule has 0 N–H and O–H groups in total. The third-order valence-electron chi connectivity index (χ3n) is 3.77. The number of amides is 1. The number of hydrogen-bond donors (Lipinski definition) is 0. The zero-order valence-electron chi connectivity index (χ0n) is 12.2. The molecule has 0 unspecified atom stereocenters. The lowest BCUT2D eigenvalue weighted by Gasteiger charge is -2.21. The molecular formula is C16H18BrN3O2. The molecule has 1 amide bonds. The first-order valence-corrected chi connectivity index (χ1v) is 8.18. The molecule has 116 valence electrons. The Morgan fingerprint density at radius 2 is 2.09 bits per heavy atom. The van der Waals surface area contributed by atoms with Gasteiger partial charge in [0.1, 0.15) is 0 Å². The first kappa shape index (κ1) is 15.2. The van der Waals surface area contributed by atoms with Crippen LogP contribution in [0.5, 0.6) is 0 Å². The largest absolute Gasteiger partial charge is 0.444 e. The first-order valence-electron chi connectivity index (χ1n) is 7.39. The molecule has 6 heteroatoms. The first-order chi connectivity index (χ1) is 10.7. The van der Waals surface area contributed by atoms with Crippen LogP contribution in [-0.2, 0) is 6.54 Å². The number of rotatable bonds is 3. The number of halogens is 1. The van der Waals surface area contributed by atoms with Crippen molar-refractivity contribution in [1.29, 1.82) is 0 Å². The molecule has 2 aromatic rings. The van der Waals surface area contributed by atoms with Gasteiger partial charge in [0.2, 0.25) is 0 Å². The highest BCUT2D eigenvalue weighted by atomic mass is 79.9. The van der Waals surface area contributed by atoms with Gasteiger partial charge >= 0.3 is 0 Å². The van der Waals surface area contributed by atoms with Crippen LogP contribution in [0.25, 0.3) is 0 Å². The summed E-state index contributed by atoms with van der Waals surface area (Å²) in [6.07, 6.45) is 2.78. The number of hydrogen-bond acceptors (Lipinski definition) is 4. The summed E-state index contributed by atoms with van der Waals surface area (Å²) in [5.74, 6) is 0.357. The van der Waals surface area contributed by atoms with Gasteiger partial charge in [0.05, 0.1) is 5.69 Å². The molecule has 1 fully saturated rings. The molecule has 0 aromatic carbocycles. The highest BCUT2D eigenvalue weighted by Gasteiger charge is 2.22. The van der Waals surface area contributed by atoms with Crippen molar-refractivity contribution in [2.75, 3.05) is 26.2 Å². The zero-order chi connectivity index (χ0) is 15.4. The Labute approximate surface area is 138 Å². The molecule has 1 aliphatic heterocycles. The van der Waals surface area contributed by atoms with Crippen molar-refractivity contribution in [1.82, 2.24) is 14.8 Å². The van der Waals surface area contributed by atoms with Crippen molar-refractivity contribution in [2.45, 2.75) is 13.0 Å². The molecule has 0 spiro atoms. The fraction of sp³-hybridized carbons (Fsp3) is 0.375. The predicted molar refractivity (Wildman–Crippen MR) is 86.4 cm³/mol. The topological polar surface area (TPSA) is 49.6 Å². The maximum Gasteiger partial charge on any atom is 0.289 e. The van der Waals surface area contributed by atoms with Crippen molar-refractivity contribution in [2.24, 2.45) is 0 Å². The monoisotopic (exact) mass is 363 g/mol. The summed E-state index contributed by atoms with van der Waals surface area (Å²) in [5, 5.41) is 0. The van der Waals surface area contributed by atoms with Crippen molar-refractivity contribution < 1.29 is 9.21 Å². The molecule has 1 aliphatic rings. The molecule has 0 radical (unpaired) electrons. The van der Waals surface area contributed by atoms with Gasteiger partial charge in [-0.1, -0.05) is 6.07 Å². The van der Waals surface area contributed by atoms with Crippen LogP contribution in [-0.4, -0.2) is 46.9 Å². The van der Waals surface area contributed by atoms with Crippen LogP contribution >= 0.6 is 15.9 Å². The molecule has 0 bridgehead atoms. The SMILES string of the molecule is O=C(c1ccc(Br)o1)N1CCCN(Cc2ccccn2)CC1. The Balaban J connectivity index is 1.59. The minimum Gasteiger partial charge on any atom is -0.444 e. The second-order valence-corrected chi connectivity index (χ2v) is 6.13. The smallest absolute Gasteiger partial charge is 0.289 e. The number of carbonyl (C=O) groups excluding carboxylic acids is 1. The van der Waals surface area contributed by atoms with E-state index in [1.165, 1.54) is 0 Å². The maximum absolute atomic E-state index is 12.4. The molecule has 3 heterocycles. The lowest BCUT2D eigenvalue weighted by atomic mass is 10.3. The average Bonchev–Trinajstić information content (AvgIpc) is 2.83. The van der Waals surface area contributed by atoms with Gasteiger partial charge in [-0.3, -0.25) is 14.7 Å². The Bertz CT molecular complexity index is 629. The molecule has 5 nitrogen and oxygen atoms in total. The van der Waals surface area contributed by atoms with Gasteiger partial charge in [-0.2, -0.15) is 0 Å². The predicted octanol–water partition coefficient (Wildman–Crippen LogP) is 2.79. The number of pyridine rings is 1. The second kappa shape index (κ2) is 7.07. The van der Waals surface area contributed by atoms with Gasteiger partial charge in [-0.15, -0.1) is 0 Å². The number of nitrogens with zero attached hydrogens (tertiary/aromatic N) is 3. The standard InChI is InChI=1S/C16H18BrN3O2/c17-15-6-5-14(22-15)16(21)20-9-3-8-19(10-11-20)12-13-4-1-2-7-18-13/h1-2,4-7H,3,8-12H2. The van der Waals surface area contributed by atoms with Crippen molar-refractivity contribution >= 4 is 21.8 Å². The summed E-state index contributed by atoms with van der Waals surface area (Å²) < 4.78 is 5.95. The van der Waals surface area contributed by atoms with Crippen molar-refractivity contribution in [3.8, 4) is 0 Å².